The molecule has 0 aromatic carbocycles. The van der Waals surface area contributed by atoms with E-state index in [2.05, 4.69) is 26.0 Å². The Morgan fingerprint density at radius 2 is 1.06 bits per heavy atom. The third kappa shape index (κ3) is 34.4. The number of hydrogen-bond acceptors (Lipinski definition) is 8. The summed E-state index contributed by atoms with van der Waals surface area (Å²) in [6, 6.07) is 0. The van der Waals surface area contributed by atoms with Gasteiger partial charge in [0.25, 0.3) is 0 Å². The fourth-order valence-electron chi connectivity index (χ4n) is 5.26. The molecule has 0 bridgehead atoms. The Hall–Kier alpha value is -1.25. The van der Waals surface area contributed by atoms with Crippen molar-refractivity contribution in [2.45, 2.75) is 187 Å². The molecule has 0 aliphatic rings. The molecule has 2 atom stereocenters. The topological polar surface area (TPSA) is 134 Å². The van der Waals surface area contributed by atoms with Crippen LogP contribution in [0.5, 0.6) is 0 Å². The number of esters is 2. The summed E-state index contributed by atoms with van der Waals surface area (Å²) >= 11 is 0. The van der Waals surface area contributed by atoms with Gasteiger partial charge in [-0.15, -0.1) is 0 Å². The molecule has 0 aliphatic carbocycles. The van der Waals surface area contributed by atoms with E-state index in [4.69, 9.17) is 24.3 Å². The molecular weight excluding hydrogens is 617 g/mol. The lowest BCUT2D eigenvalue weighted by Gasteiger charge is -2.19. The molecule has 0 aromatic heterocycles. The molecule has 0 aromatic rings. The van der Waals surface area contributed by atoms with Gasteiger partial charge in [-0.25, -0.2) is 4.57 Å². The first-order chi connectivity index (χ1) is 22.8. The highest BCUT2D eigenvalue weighted by molar-refractivity contribution is 7.47. The molecule has 0 rings (SSSR count). The molecule has 10 heteroatoms. The van der Waals surface area contributed by atoms with Crippen molar-refractivity contribution in [3.63, 3.8) is 0 Å². The Labute approximate surface area is 288 Å². The molecule has 0 aliphatic heterocycles. The summed E-state index contributed by atoms with van der Waals surface area (Å²) in [6.07, 6.45) is 32.4. The first-order valence-corrected chi connectivity index (χ1v) is 20.7. The molecule has 0 radical (unpaired) electrons. The van der Waals surface area contributed by atoms with E-state index in [0.29, 0.717) is 6.42 Å². The van der Waals surface area contributed by atoms with Gasteiger partial charge in [0.15, 0.2) is 6.10 Å². The molecule has 1 unspecified atom stereocenters. The lowest BCUT2D eigenvalue weighted by molar-refractivity contribution is -0.161. The van der Waals surface area contributed by atoms with Crippen molar-refractivity contribution in [3.8, 4) is 0 Å². The summed E-state index contributed by atoms with van der Waals surface area (Å²) in [7, 11) is -4.36. The minimum absolute atomic E-state index is 0.0548. The second-order valence-electron chi connectivity index (χ2n) is 12.8. The summed E-state index contributed by atoms with van der Waals surface area (Å²) in [6.45, 7) is 3.69. The fraction of sp³-hybridized carbons (Fsp3) is 0.892. The number of phosphoric ester groups is 1. The van der Waals surface area contributed by atoms with Crippen LogP contribution in [0.3, 0.4) is 0 Å². The van der Waals surface area contributed by atoms with E-state index >= 15 is 0 Å². The summed E-state index contributed by atoms with van der Waals surface area (Å²) < 4.78 is 32.6. The summed E-state index contributed by atoms with van der Waals surface area (Å²) in [5.41, 5.74) is 5.33. The van der Waals surface area contributed by atoms with Gasteiger partial charge in [-0.1, -0.05) is 148 Å². The number of carbonyl (C=O) groups excluding carboxylic acids is 2. The lowest BCUT2D eigenvalue weighted by atomic mass is 10.0. The molecule has 0 fully saturated rings. The molecule has 0 amide bonds. The highest BCUT2D eigenvalue weighted by atomic mass is 31.2. The Morgan fingerprint density at radius 3 is 1.57 bits per heavy atom. The van der Waals surface area contributed by atoms with Crippen molar-refractivity contribution in [2.75, 3.05) is 26.4 Å². The summed E-state index contributed by atoms with van der Waals surface area (Å²) in [5, 5.41) is 0. The zero-order chi connectivity index (χ0) is 34.7. The van der Waals surface area contributed by atoms with Crippen molar-refractivity contribution < 1.29 is 37.6 Å². The van der Waals surface area contributed by atoms with Crippen LogP contribution in [0.25, 0.3) is 0 Å². The number of hydrogen-bond donors (Lipinski definition) is 2. The molecule has 3 N–H and O–H groups in total. The average molecular weight is 690 g/mol. The maximum Gasteiger partial charge on any atom is 0.472 e. The summed E-state index contributed by atoms with van der Waals surface area (Å²) in [4.78, 5) is 34.7. The van der Waals surface area contributed by atoms with Crippen molar-refractivity contribution in [1.29, 1.82) is 0 Å². The maximum absolute atomic E-state index is 12.5. The Morgan fingerprint density at radius 1 is 0.617 bits per heavy atom. The van der Waals surface area contributed by atoms with E-state index in [1.165, 1.54) is 89.9 Å². The highest BCUT2D eigenvalue weighted by Crippen LogP contribution is 2.43. The zero-order valence-electron chi connectivity index (χ0n) is 30.3. The minimum atomic E-state index is -4.36. The zero-order valence-corrected chi connectivity index (χ0v) is 31.2. The van der Waals surface area contributed by atoms with Crippen molar-refractivity contribution in [1.82, 2.24) is 0 Å². The Kier molecular flexibility index (Phi) is 33.7. The highest BCUT2D eigenvalue weighted by Gasteiger charge is 2.25. The first kappa shape index (κ1) is 45.8. The SMILES string of the molecule is CCCC/C=C\CCCCCCCC(=O)OC[C@H](COP(=O)(O)OCCN)OC(=O)CCCCCCCCCCCCCCCCC. The standard InChI is InChI=1S/C37H72NO8P/c1-3-5-7-9-11-13-15-16-17-18-20-22-24-26-28-30-37(40)46-35(34-45-47(41,42)44-32-31-38)33-43-36(39)29-27-25-23-21-19-14-12-10-8-6-4-2/h10,12,35H,3-9,11,13-34,38H2,1-2H3,(H,41,42)/b12-10-/t35-/m1/s1. The van der Waals surface area contributed by atoms with E-state index in [0.717, 1.165) is 57.8 Å². The average Bonchev–Trinajstić information content (AvgIpc) is 3.05. The van der Waals surface area contributed by atoms with Crippen LogP contribution in [0.15, 0.2) is 12.2 Å². The minimum Gasteiger partial charge on any atom is -0.462 e. The third-order valence-electron chi connectivity index (χ3n) is 8.15. The molecule has 0 saturated carbocycles. The van der Waals surface area contributed by atoms with E-state index in [1.807, 2.05) is 0 Å². The normalized spacial score (nSPS) is 13.5. The van der Waals surface area contributed by atoms with Crippen LogP contribution in [0.2, 0.25) is 0 Å². The van der Waals surface area contributed by atoms with E-state index < -0.39 is 26.5 Å². The monoisotopic (exact) mass is 689 g/mol. The van der Waals surface area contributed by atoms with Gasteiger partial charge < -0.3 is 20.1 Å². The maximum atomic E-state index is 12.5. The second kappa shape index (κ2) is 34.6. The largest absolute Gasteiger partial charge is 0.472 e. The Bertz CT molecular complexity index is 794. The van der Waals surface area contributed by atoms with Gasteiger partial charge in [0, 0.05) is 19.4 Å². The predicted octanol–water partition coefficient (Wildman–Crippen LogP) is 10.3. The number of unbranched alkanes of at least 4 members (excludes halogenated alkanes) is 21. The van der Waals surface area contributed by atoms with Crippen LogP contribution >= 0.6 is 7.82 Å². The fourth-order valence-corrected chi connectivity index (χ4v) is 6.03. The van der Waals surface area contributed by atoms with E-state index in [-0.39, 0.29) is 38.6 Å². The number of allylic oxidation sites excluding steroid dienone is 2. The molecule has 47 heavy (non-hydrogen) atoms. The number of carbonyl (C=O) groups is 2. The van der Waals surface area contributed by atoms with Crippen LogP contribution in [-0.4, -0.2) is 49.3 Å². The Balaban J connectivity index is 4.20. The number of rotatable bonds is 36. The van der Waals surface area contributed by atoms with Gasteiger partial charge in [-0.2, -0.15) is 0 Å². The van der Waals surface area contributed by atoms with Gasteiger partial charge in [0.05, 0.1) is 13.2 Å². The third-order valence-corrected chi connectivity index (χ3v) is 9.14. The van der Waals surface area contributed by atoms with Gasteiger partial charge >= 0.3 is 19.8 Å². The molecule has 9 nitrogen and oxygen atoms in total. The number of nitrogens with two attached hydrogens (primary N) is 1. The lowest BCUT2D eigenvalue weighted by Crippen LogP contribution is -2.29. The molecule has 0 saturated heterocycles. The van der Waals surface area contributed by atoms with Crippen molar-refractivity contribution >= 4 is 19.8 Å². The van der Waals surface area contributed by atoms with Gasteiger partial charge in [-0.05, 0) is 32.1 Å². The van der Waals surface area contributed by atoms with Crippen LogP contribution in [0.4, 0.5) is 0 Å². The summed E-state index contributed by atoms with van der Waals surface area (Å²) in [5.74, 6) is -0.834. The van der Waals surface area contributed by atoms with Crippen LogP contribution in [0, 0.1) is 0 Å². The van der Waals surface area contributed by atoms with Crippen molar-refractivity contribution in [3.05, 3.63) is 12.2 Å². The number of ether oxygens (including phenoxy) is 2. The second-order valence-corrected chi connectivity index (χ2v) is 14.3. The van der Waals surface area contributed by atoms with Gasteiger partial charge in [-0.3, -0.25) is 18.6 Å². The van der Waals surface area contributed by atoms with Gasteiger partial charge in [0.1, 0.15) is 6.61 Å². The molecule has 0 heterocycles. The predicted molar refractivity (Wildman–Crippen MR) is 192 cm³/mol. The van der Waals surface area contributed by atoms with Crippen LogP contribution in [0.1, 0.15) is 181 Å². The van der Waals surface area contributed by atoms with Crippen LogP contribution < -0.4 is 5.73 Å². The van der Waals surface area contributed by atoms with Crippen molar-refractivity contribution in [2.24, 2.45) is 5.73 Å². The van der Waals surface area contributed by atoms with E-state index in [1.54, 1.807) is 0 Å². The molecular formula is C37H72NO8P. The van der Waals surface area contributed by atoms with E-state index in [9.17, 15) is 19.0 Å². The van der Waals surface area contributed by atoms with Gasteiger partial charge in [0.2, 0.25) is 0 Å². The first-order valence-electron chi connectivity index (χ1n) is 19.2. The molecule has 278 valence electrons. The molecule has 0 spiro atoms. The quantitative estimate of drug-likeness (QED) is 0.0285. The van der Waals surface area contributed by atoms with Crippen LogP contribution in [-0.2, 0) is 32.7 Å². The number of phosphoric acid groups is 1. The smallest absolute Gasteiger partial charge is 0.462 e.